The predicted octanol–water partition coefficient (Wildman–Crippen LogP) is 0.741. The SMILES string of the molecule is C=C(C)OC.CN. The smallest absolute Gasteiger partial charge is 0.0853 e. The molecule has 0 bridgehead atoms. The van der Waals surface area contributed by atoms with Crippen LogP contribution in [0.15, 0.2) is 12.3 Å². The monoisotopic (exact) mass is 103 g/mol. The molecule has 2 N–H and O–H groups in total. The minimum Gasteiger partial charge on any atom is -0.502 e. The molecular formula is C5H13NO. The lowest BCUT2D eigenvalue weighted by atomic mass is 10.7. The molecule has 44 valence electrons. The van der Waals surface area contributed by atoms with Crippen molar-refractivity contribution in [1.82, 2.24) is 0 Å². The van der Waals surface area contributed by atoms with Gasteiger partial charge in [-0.1, -0.05) is 6.58 Å². The summed E-state index contributed by atoms with van der Waals surface area (Å²) < 4.78 is 4.56. The van der Waals surface area contributed by atoms with Crippen molar-refractivity contribution in [3.63, 3.8) is 0 Å². The Labute approximate surface area is 45.0 Å². The molecule has 0 unspecified atom stereocenters. The van der Waals surface area contributed by atoms with E-state index in [4.69, 9.17) is 0 Å². The minimum atomic E-state index is 0.755. The van der Waals surface area contributed by atoms with E-state index in [-0.39, 0.29) is 0 Å². The Morgan fingerprint density at radius 1 is 1.57 bits per heavy atom. The third-order valence-corrected chi connectivity index (χ3v) is 0.348. The van der Waals surface area contributed by atoms with Crippen molar-refractivity contribution in [1.29, 1.82) is 0 Å². The second kappa shape index (κ2) is 9.09. The van der Waals surface area contributed by atoms with Crippen LogP contribution < -0.4 is 5.73 Å². The number of hydrogen-bond acceptors (Lipinski definition) is 2. The summed E-state index contributed by atoms with van der Waals surface area (Å²) in [5.41, 5.74) is 4.50. The lowest BCUT2D eigenvalue weighted by Crippen LogP contribution is -1.70. The second-order valence-corrected chi connectivity index (χ2v) is 0.906. The Morgan fingerprint density at radius 3 is 1.71 bits per heavy atom. The lowest BCUT2D eigenvalue weighted by molar-refractivity contribution is 0.295. The fraction of sp³-hybridized carbons (Fsp3) is 0.600. The van der Waals surface area contributed by atoms with Crippen molar-refractivity contribution < 1.29 is 4.74 Å². The third kappa shape index (κ3) is 29.9. The van der Waals surface area contributed by atoms with Crippen LogP contribution in [0.2, 0.25) is 0 Å². The molecular weight excluding hydrogens is 90.1 g/mol. The molecule has 0 rings (SSSR count). The number of rotatable bonds is 1. The van der Waals surface area contributed by atoms with Gasteiger partial charge in [-0.25, -0.2) is 0 Å². The fourth-order valence-corrected chi connectivity index (χ4v) is 0. The first-order chi connectivity index (χ1) is 3.27. The van der Waals surface area contributed by atoms with E-state index < -0.39 is 0 Å². The van der Waals surface area contributed by atoms with Crippen molar-refractivity contribution >= 4 is 0 Å². The topological polar surface area (TPSA) is 35.2 Å². The molecule has 0 aliphatic rings. The Morgan fingerprint density at radius 2 is 1.71 bits per heavy atom. The number of allylic oxidation sites excluding steroid dienone is 1. The zero-order valence-corrected chi connectivity index (χ0v) is 5.19. The summed E-state index contributed by atoms with van der Waals surface area (Å²) >= 11 is 0. The Kier molecular flexibility index (Phi) is 12.6. The number of methoxy groups -OCH3 is 1. The van der Waals surface area contributed by atoms with Crippen LogP contribution in [0.5, 0.6) is 0 Å². The van der Waals surface area contributed by atoms with E-state index in [0.29, 0.717) is 0 Å². The van der Waals surface area contributed by atoms with Gasteiger partial charge in [0.05, 0.1) is 12.9 Å². The molecule has 0 aromatic heterocycles. The van der Waals surface area contributed by atoms with E-state index in [1.165, 1.54) is 7.05 Å². The van der Waals surface area contributed by atoms with Crippen LogP contribution in [0, 0.1) is 0 Å². The van der Waals surface area contributed by atoms with Gasteiger partial charge in [-0.15, -0.1) is 0 Å². The summed E-state index contributed by atoms with van der Waals surface area (Å²) in [7, 11) is 3.10. The number of ether oxygens (including phenoxy) is 1. The molecule has 0 aromatic rings. The molecule has 0 aliphatic heterocycles. The second-order valence-electron chi connectivity index (χ2n) is 0.906. The summed E-state index contributed by atoms with van der Waals surface area (Å²) in [6, 6.07) is 0. The largest absolute Gasteiger partial charge is 0.502 e. The van der Waals surface area contributed by atoms with Gasteiger partial charge >= 0.3 is 0 Å². The first kappa shape index (κ1) is 9.71. The van der Waals surface area contributed by atoms with Crippen LogP contribution in [-0.4, -0.2) is 14.2 Å². The molecule has 0 aliphatic carbocycles. The van der Waals surface area contributed by atoms with E-state index in [1.807, 2.05) is 0 Å². The molecule has 7 heavy (non-hydrogen) atoms. The van der Waals surface area contributed by atoms with Gasteiger partial charge in [-0.3, -0.25) is 0 Å². The Bertz CT molecular complexity index is 43.3. The predicted molar refractivity (Wildman–Crippen MR) is 31.9 cm³/mol. The van der Waals surface area contributed by atoms with Gasteiger partial charge in [0.25, 0.3) is 0 Å². The van der Waals surface area contributed by atoms with E-state index in [2.05, 4.69) is 17.0 Å². The fourth-order valence-electron chi connectivity index (χ4n) is 0. The minimum absolute atomic E-state index is 0.755. The summed E-state index contributed by atoms with van der Waals surface area (Å²) in [5, 5.41) is 0. The van der Waals surface area contributed by atoms with Crippen molar-refractivity contribution in [3.05, 3.63) is 12.3 Å². The normalized spacial score (nSPS) is 5.71. The Balaban J connectivity index is 0. The van der Waals surface area contributed by atoms with Crippen molar-refractivity contribution in [3.8, 4) is 0 Å². The van der Waals surface area contributed by atoms with E-state index in [1.54, 1.807) is 14.0 Å². The molecule has 0 heterocycles. The highest BCUT2D eigenvalue weighted by molar-refractivity contribution is 4.71. The van der Waals surface area contributed by atoms with Crippen molar-refractivity contribution in [2.75, 3.05) is 14.2 Å². The van der Waals surface area contributed by atoms with Gasteiger partial charge in [0.15, 0.2) is 0 Å². The first-order valence-corrected chi connectivity index (χ1v) is 2.04. The molecule has 0 amide bonds. The zero-order valence-electron chi connectivity index (χ0n) is 5.19. The van der Waals surface area contributed by atoms with Crippen LogP contribution in [0.4, 0.5) is 0 Å². The van der Waals surface area contributed by atoms with Crippen LogP contribution in [0.25, 0.3) is 0 Å². The molecule has 0 fully saturated rings. The zero-order chi connectivity index (χ0) is 6.28. The van der Waals surface area contributed by atoms with Gasteiger partial charge in [-0.05, 0) is 14.0 Å². The summed E-state index contributed by atoms with van der Waals surface area (Å²) in [4.78, 5) is 0. The molecule has 0 aromatic carbocycles. The maximum absolute atomic E-state index is 4.56. The molecule has 2 heteroatoms. The van der Waals surface area contributed by atoms with Crippen molar-refractivity contribution in [2.24, 2.45) is 5.73 Å². The molecule has 0 radical (unpaired) electrons. The molecule has 0 saturated carbocycles. The summed E-state index contributed by atoms with van der Waals surface area (Å²) in [5.74, 6) is 0.755. The van der Waals surface area contributed by atoms with Gasteiger partial charge in [0, 0.05) is 0 Å². The molecule has 2 nitrogen and oxygen atoms in total. The van der Waals surface area contributed by atoms with Gasteiger partial charge in [-0.2, -0.15) is 0 Å². The highest BCUT2D eigenvalue weighted by Crippen LogP contribution is 1.80. The lowest BCUT2D eigenvalue weighted by Gasteiger charge is -1.88. The van der Waals surface area contributed by atoms with Gasteiger partial charge in [0.2, 0.25) is 0 Å². The van der Waals surface area contributed by atoms with Crippen LogP contribution >= 0.6 is 0 Å². The average Bonchev–Trinajstić information content (AvgIpc) is 1.73. The van der Waals surface area contributed by atoms with Crippen molar-refractivity contribution in [2.45, 2.75) is 6.92 Å². The molecule has 0 atom stereocenters. The van der Waals surface area contributed by atoms with Crippen LogP contribution in [0.3, 0.4) is 0 Å². The maximum Gasteiger partial charge on any atom is 0.0853 e. The first-order valence-electron chi connectivity index (χ1n) is 2.04. The number of nitrogens with two attached hydrogens (primary N) is 1. The quantitative estimate of drug-likeness (QED) is 0.497. The van der Waals surface area contributed by atoms with Crippen LogP contribution in [0.1, 0.15) is 6.92 Å². The summed E-state index contributed by atoms with van der Waals surface area (Å²) in [6.45, 7) is 5.26. The van der Waals surface area contributed by atoms with Crippen LogP contribution in [-0.2, 0) is 4.74 Å². The maximum atomic E-state index is 4.56. The highest BCUT2D eigenvalue weighted by atomic mass is 16.5. The summed E-state index contributed by atoms with van der Waals surface area (Å²) in [6.07, 6.45) is 0. The Hall–Kier alpha value is -0.500. The van der Waals surface area contributed by atoms with Gasteiger partial charge in [0.1, 0.15) is 0 Å². The van der Waals surface area contributed by atoms with E-state index in [9.17, 15) is 0 Å². The third-order valence-electron chi connectivity index (χ3n) is 0.348. The number of hydrogen-bond donors (Lipinski definition) is 1. The van der Waals surface area contributed by atoms with E-state index >= 15 is 0 Å². The average molecular weight is 103 g/mol. The van der Waals surface area contributed by atoms with E-state index in [0.717, 1.165) is 5.76 Å². The molecule has 0 saturated heterocycles. The highest BCUT2D eigenvalue weighted by Gasteiger charge is 1.65. The standard InChI is InChI=1S/C4H8O.CH5N/c1-4(2)5-3;1-2/h1H2,2-3H3;2H2,1H3. The molecule has 0 spiro atoms. The van der Waals surface area contributed by atoms with Gasteiger partial charge < -0.3 is 10.5 Å².